The second kappa shape index (κ2) is 8.23. The molecule has 1 heterocycles. The zero-order valence-corrected chi connectivity index (χ0v) is 18.1. The van der Waals surface area contributed by atoms with Crippen molar-refractivity contribution in [1.82, 2.24) is 9.80 Å². The van der Waals surface area contributed by atoms with E-state index < -0.39 is 28.0 Å². The van der Waals surface area contributed by atoms with E-state index in [4.69, 9.17) is 8.92 Å². The highest BCUT2D eigenvalue weighted by atomic mass is 32.2. The number of likely N-dealkylation sites (N-methyl/N-ethyl adjacent to an activating group) is 2. The number of aryl methyl sites for hydroxylation is 1. The Morgan fingerprint density at radius 3 is 2.00 bits per heavy atom. The molecule has 0 bridgehead atoms. The Labute approximate surface area is 179 Å². The molecule has 0 N–H and O–H groups in total. The molecular formula is C21H20N2O7S. The van der Waals surface area contributed by atoms with Crippen molar-refractivity contribution in [2.75, 3.05) is 21.2 Å². The minimum atomic E-state index is -4.10. The molecule has 3 rings (SSSR count). The lowest BCUT2D eigenvalue weighted by Gasteiger charge is -2.28. The lowest BCUT2D eigenvalue weighted by atomic mass is 10.1. The lowest BCUT2D eigenvalue weighted by Crippen LogP contribution is -2.52. The van der Waals surface area contributed by atoms with Crippen LogP contribution in [0.25, 0.3) is 6.08 Å². The molecule has 1 fully saturated rings. The van der Waals surface area contributed by atoms with Crippen molar-refractivity contribution in [2.24, 2.45) is 0 Å². The highest BCUT2D eigenvalue weighted by molar-refractivity contribution is 7.87. The predicted octanol–water partition coefficient (Wildman–Crippen LogP) is 2.21. The fraction of sp³-hybridized carbons (Fsp3) is 0.190. The number of imide groups is 2. The van der Waals surface area contributed by atoms with Gasteiger partial charge in [0.15, 0.2) is 11.5 Å². The maximum atomic E-state index is 12.5. The molecule has 0 aliphatic carbocycles. The number of barbiturate groups is 1. The fourth-order valence-corrected chi connectivity index (χ4v) is 3.80. The summed E-state index contributed by atoms with van der Waals surface area (Å²) in [5.74, 6) is -1.46. The van der Waals surface area contributed by atoms with Crippen LogP contribution in [0.3, 0.4) is 0 Å². The summed E-state index contributed by atoms with van der Waals surface area (Å²) in [6.07, 6.45) is 1.30. The molecule has 1 aliphatic heterocycles. The molecule has 4 amide bonds. The van der Waals surface area contributed by atoms with Crippen LogP contribution in [-0.2, 0) is 19.7 Å². The van der Waals surface area contributed by atoms with Crippen molar-refractivity contribution in [1.29, 1.82) is 0 Å². The molecule has 2 aromatic rings. The first kappa shape index (κ1) is 22.0. The first-order valence-electron chi connectivity index (χ1n) is 9.06. The largest absolute Gasteiger partial charge is 0.493 e. The first-order chi connectivity index (χ1) is 14.5. The van der Waals surface area contributed by atoms with Gasteiger partial charge in [-0.25, -0.2) is 4.79 Å². The molecule has 1 saturated heterocycles. The van der Waals surface area contributed by atoms with Gasteiger partial charge in [-0.1, -0.05) is 23.8 Å². The topological polar surface area (TPSA) is 110 Å². The van der Waals surface area contributed by atoms with Crippen LogP contribution in [0.5, 0.6) is 11.5 Å². The smallest absolute Gasteiger partial charge is 0.339 e. The zero-order chi connectivity index (χ0) is 22.9. The van der Waals surface area contributed by atoms with Gasteiger partial charge in [0.2, 0.25) is 0 Å². The Morgan fingerprint density at radius 1 is 0.871 bits per heavy atom. The zero-order valence-electron chi connectivity index (χ0n) is 17.3. The molecular weight excluding hydrogens is 424 g/mol. The van der Waals surface area contributed by atoms with Gasteiger partial charge in [0.25, 0.3) is 11.8 Å². The molecule has 0 radical (unpaired) electrons. The molecule has 0 saturated carbocycles. The van der Waals surface area contributed by atoms with E-state index in [9.17, 15) is 22.8 Å². The van der Waals surface area contributed by atoms with E-state index in [1.807, 2.05) is 6.92 Å². The number of benzene rings is 2. The highest BCUT2D eigenvalue weighted by Gasteiger charge is 2.37. The van der Waals surface area contributed by atoms with Crippen molar-refractivity contribution in [3.05, 3.63) is 59.2 Å². The molecule has 10 heteroatoms. The Morgan fingerprint density at radius 2 is 1.45 bits per heavy atom. The van der Waals surface area contributed by atoms with E-state index in [-0.39, 0.29) is 22.0 Å². The van der Waals surface area contributed by atoms with Gasteiger partial charge >= 0.3 is 16.1 Å². The third-order valence-electron chi connectivity index (χ3n) is 4.65. The number of hydrogen-bond acceptors (Lipinski definition) is 7. The predicted molar refractivity (Wildman–Crippen MR) is 111 cm³/mol. The fourth-order valence-electron chi connectivity index (χ4n) is 2.86. The van der Waals surface area contributed by atoms with E-state index in [1.165, 1.54) is 57.6 Å². The maximum absolute atomic E-state index is 12.5. The van der Waals surface area contributed by atoms with Gasteiger partial charge in [-0.15, -0.1) is 0 Å². The van der Waals surface area contributed by atoms with Crippen molar-refractivity contribution in [3.8, 4) is 11.5 Å². The minimum absolute atomic E-state index is 0.0134. The van der Waals surface area contributed by atoms with E-state index in [2.05, 4.69) is 0 Å². The molecule has 9 nitrogen and oxygen atoms in total. The minimum Gasteiger partial charge on any atom is -0.493 e. The number of carbonyl (C=O) groups excluding carboxylic acids is 3. The summed E-state index contributed by atoms with van der Waals surface area (Å²) in [5.41, 5.74) is 1.07. The number of urea groups is 1. The van der Waals surface area contributed by atoms with E-state index in [1.54, 1.807) is 12.1 Å². The van der Waals surface area contributed by atoms with Crippen molar-refractivity contribution >= 4 is 34.0 Å². The van der Waals surface area contributed by atoms with Crippen LogP contribution in [-0.4, -0.2) is 57.3 Å². The summed E-state index contributed by atoms with van der Waals surface area (Å²) in [6.45, 7) is 1.83. The van der Waals surface area contributed by atoms with Crippen LogP contribution in [0.1, 0.15) is 11.1 Å². The number of ether oxygens (including phenoxy) is 1. The average Bonchev–Trinajstić information content (AvgIpc) is 2.75. The molecule has 2 aromatic carbocycles. The normalized spacial score (nSPS) is 14.7. The monoisotopic (exact) mass is 444 g/mol. The van der Waals surface area contributed by atoms with Crippen molar-refractivity contribution < 1.29 is 31.7 Å². The van der Waals surface area contributed by atoms with E-state index in [0.717, 1.165) is 15.4 Å². The van der Waals surface area contributed by atoms with Gasteiger partial charge < -0.3 is 8.92 Å². The van der Waals surface area contributed by atoms with Gasteiger partial charge in [-0.3, -0.25) is 19.4 Å². The average molecular weight is 444 g/mol. The van der Waals surface area contributed by atoms with Crippen LogP contribution >= 0.6 is 0 Å². The Balaban J connectivity index is 1.94. The third kappa shape index (κ3) is 4.29. The highest BCUT2D eigenvalue weighted by Crippen LogP contribution is 2.32. The van der Waals surface area contributed by atoms with Gasteiger partial charge in [0, 0.05) is 14.1 Å². The molecule has 0 aromatic heterocycles. The van der Waals surface area contributed by atoms with Gasteiger partial charge in [-0.2, -0.15) is 8.42 Å². The number of carbonyl (C=O) groups is 3. The number of amides is 4. The van der Waals surface area contributed by atoms with Crippen LogP contribution < -0.4 is 8.92 Å². The van der Waals surface area contributed by atoms with Crippen LogP contribution in [0, 0.1) is 6.92 Å². The molecule has 162 valence electrons. The van der Waals surface area contributed by atoms with E-state index >= 15 is 0 Å². The summed E-state index contributed by atoms with van der Waals surface area (Å²) in [5, 5.41) is 0. The van der Waals surface area contributed by atoms with Crippen molar-refractivity contribution in [2.45, 2.75) is 11.8 Å². The van der Waals surface area contributed by atoms with Crippen LogP contribution in [0.2, 0.25) is 0 Å². The molecule has 31 heavy (non-hydrogen) atoms. The van der Waals surface area contributed by atoms with Gasteiger partial charge in [0.1, 0.15) is 10.5 Å². The van der Waals surface area contributed by atoms with Crippen LogP contribution in [0.15, 0.2) is 52.9 Å². The summed E-state index contributed by atoms with van der Waals surface area (Å²) in [6, 6.07) is 9.69. The summed E-state index contributed by atoms with van der Waals surface area (Å²) < 4.78 is 35.5. The number of nitrogens with zero attached hydrogens (tertiary/aromatic N) is 2. The molecule has 0 unspecified atom stereocenters. The molecule has 0 spiro atoms. The second-order valence-corrected chi connectivity index (χ2v) is 8.38. The van der Waals surface area contributed by atoms with Gasteiger partial charge in [0.05, 0.1) is 7.11 Å². The quantitative estimate of drug-likeness (QED) is 0.395. The number of hydrogen-bond donors (Lipinski definition) is 0. The SMILES string of the molecule is COc1cc(C=C2C(=O)N(C)C(=O)N(C)C2=O)ccc1OS(=O)(=O)c1ccc(C)cc1. The first-order valence-corrected chi connectivity index (χ1v) is 10.5. The number of methoxy groups -OCH3 is 1. The van der Waals surface area contributed by atoms with Gasteiger partial charge in [-0.05, 0) is 42.8 Å². The Kier molecular flexibility index (Phi) is 5.85. The van der Waals surface area contributed by atoms with Crippen LogP contribution in [0.4, 0.5) is 4.79 Å². The Hall–Kier alpha value is -3.66. The maximum Gasteiger partial charge on any atom is 0.339 e. The summed E-state index contributed by atoms with van der Waals surface area (Å²) >= 11 is 0. The lowest BCUT2D eigenvalue weighted by molar-refractivity contribution is -0.134. The molecule has 1 aliphatic rings. The summed E-state index contributed by atoms with van der Waals surface area (Å²) in [7, 11) is -0.222. The van der Waals surface area contributed by atoms with Crippen molar-refractivity contribution in [3.63, 3.8) is 0 Å². The third-order valence-corrected chi connectivity index (χ3v) is 5.90. The second-order valence-electron chi connectivity index (χ2n) is 6.83. The Bertz CT molecular complexity index is 1170. The molecule has 0 atom stereocenters. The van der Waals surface area contributed by atoms with E-state index in [0.29, 0.717) is 5.56 Å². The standard InChI is InChI=1S/C21H20N2O7S/c1-13-5-8-15(9-6-13)31(27,28)30-17-10-7-14(12-18(17)29-4)11-16-19(24)22(2)21(26)23(3)20(16)25/h5-12H,1-4H3. The number of rotatable bonds is 5. The summed E-state index contributed by atoms with van der Waals surface area (Å²) in [4.78, 5) is 38.2.